The van der Waals surface area contributed by atoms with Gasteiger partial charge in [-0.15, -0.1) is 0 Å². The third-order valence-electron chi connectivity index (χ3n) is 3.48. The molecule has 2 aromatic rings. The summed E-state index contributed by atoms with van der Waals surface area (Å²) in [5.41, 5.74) is 4.02. The van der Waals surface area contributed by atoms with E-state index in [9.17, 15) is 0 Å². The number of para-hydroxylation sites is 1. The Bertz CT molecular complexity index is 512. The lowest BCUT2D eigenvalue weighted by Crippen LogP contribution is -2.05. The number of halogens is 1. The predicted molar refractivity (Wildman–Crippen MR) is 64.7 cm³/mol. The SMILES string of the molecule is CC1CCCc2c1[nH]c1c(Cl)cccc21. The molecule has 0 saturated heterocycles. The van der Waals surface area contributed by atoms with Gasteiger partial charge in [0.15, 0.2) is 0 Å². The van der Waals surface area contributed by atoms with Crippen LogP contribution < -0.4 is 0 Å². The van der Waals surface area contributed by atoms with E-state index in [1.807, 2.05) is 12.1 Å². The molecule has 1 nitrogen and oxygen atoms in total. The van der Waals surface area contributed by atoms with E-state index >= 15 is 0 Å². The van der Waals surface area contributed by atoms with E-state index in [4.69, 9.17) is 11.6 Å². The van der Waals surface area contributed by atoms with Crippen LogP contribution in [0.25, 0.3) is 10.9 Å². The molecule has 1 atom stereocenters. The molecule has 1 aromatic heterocycles. The molecule has 15 heavy (non-hydrogen) atoms. The summed E-state index contributed by atoms with van der Waals surface area (Å²) in [6, 6.07) is 6.17. The van der Waals surface area contributed by atoms with Crippen molar-refractivity contribution in [2.24, 2.45) is 0 Å². The molecule has 0 aliphatic heterocycles. The first-order valence-electron chi connectivity index (χ1n) is 5.56. The summed E-state index contributed by atoms with van der Waals surface area (Å²) in [4.78, 5) is 3.50. The Kier molecular flexibility index (Phi) is 2.03. The Morgan fingerprint density at radius 2 is 2.27 bits per heavy atom. The number of nitrogens with one attached hydrogen (secondary N) is 1. The highest BCUT2D eigenvalue weighted by Gasteiger charge is 2.21. The van der Waals surface area contributed by atoms with Crippen LogP contribution in [-0.4, -0.2) is 4.98 Å². The Morgan fingerprint density at radius 3 is 3.13 bits per heavy atom. The monoisotopic (exact) mass is 219 g/mol. The summed E-state index contributed by atoms with van der Waals surface area (Å²) in [6.45, 7) is 2.29. The van der Waals surface area contributed by atoms with Gasteiger partial charge in [0.05, 0.1) is 10.5 Å². The second-order valence-electron chi connectivity index (χ2n) is 4.47. The molecule has 0 radical (unpaired) electrons. The smallest absolute Gasteiger partial charge is 0.0648 e. The number of H-pyrrole nitrogens is 1. The summed E-state index contributed by atoms with van der Waals surface area (Å²) in [5.74, 6) is 0.650. The Labute approximate surface area is 94.4 Å². The number of fused-ring (bicyclic) bond motifs is 3. The number of aromatic nitrogens is 1. The number of aromatic amines is 1. The molecule has 2 heteroatoms. The Morgan fingerprint density at radius 1 is 1.40 bits per heavy atom. The van der Waals surface area contributed by atoms with E-state index in [1.54, 1.807) is 0 Å². The van der Waals surface area contributed by atoms with Crippen molar-refractivity contribution in [2.75, 3.05) is 0 Å². The first-order chi connectivity index (χ1) is 7.27. The van der Waals surface area contributed by atoms with Gasteiger partial charge in [-0.3, -0.25) is 0 Å². The molecule has 0 saturated carbocycles. The van der Waals surface area contributed by atoms with Gasteiger partial charge in [-0.2, -0.15) is 0 Å². The lowest BCUT2D eigenvalue weighted by molar-refractivity contribution is 0.582. The summed E-state index contributed by atoms with van der Waals surface area (Å²) >= 11 is 6.19. The van der Waals surface area contributed by atoms with Crippen molar-refractivity contribution in [3.05, 3.63) is 34.5 Å². The number of aryl methyl sites for hydroxylation is 1. The van der Waals surface area contributed by atoms with Crippen LogP contribution in [0.5, 0.6) is 0 Å². The number of benzene rings is 1. The third kappa shape index (κ3) is 1.30. The van der Waals surface area contributed by atoms with Crippen LogP contribution in [0.2, 0.25) is 5.02 Å². The van der Waals surface area contributed by atoms with Crippen LogP contribution in [0, 0.1) is 0 Å². The lowest BCUT2D eigenvalue weighted by Gasteiger charge is -2.18. The third-order valence-corrected chi connectivity index (χ3v) is 3.80. The molecule has 1 aliphatic carbocycles. The Balaban J connectivity index is 2.35. The highest BCUT2D eigenvalue weighted by Crippen LogP contribution is 2.37. The van der Waals surface area contributed by atoms with Gasteiger partial charge in [0.25, 0.3) is 0 Å². The number of rotatable bonds is 0. The van der Waals surface area contributed by atoms with Gasteiger partial charge in [-0.05, 0) is 36.8 Å². The van der Waals surface area contributed by atoms with Gasteiger partial charge in [-0.25, -0.2) is 0 Å². The van der Waals surface area contributed by atoms with Gasteiger partial charge in [0.2, 0.25) is 0 Å². The Hall–Kier alpha value is -0.950. The summed E-state index contributed by atoms with van der Waals surface area (Å²) < 4.78 is 0. The molecule has 0 bridgehead atoms. The molecule has 3 rings (SSSR count). The number of hydrogen-bond donors (Lipinski definition) is 1. The van der Waals surface area contributed by atoms with Crippen LogP contribution >= 0.6 is 11.6 Å². The summed E-state index contributed by atoms with van der Waals surface area (Å²) in [7, 11) is 0. The molecule has 1 heterocycles. The van der Waals surface area contributed by atoms with Crippen molar-refractivity contribution < 1.29 is 0 Å². The minimum Gasteiger partial charge on any atom is -0.357 e. The van der Waals surface area contributed by atoms with E-state index in [-0.39, 0.29) is 0 Å². The molecular formula is C13H14ClN. The first kappa shape index (κ1) is 9.29. The molecule has 1 aromatic carbocycles. The fourth-order valence-corrected chi connectivity index (χ4v) is 2.90. The zero-order valence-electron chi connectivity index (χ0n) is 8.81. The zero-order chi connectivity index (χ0) is 10.4. The highest BCUT2D eigenvalue weighted by atomic mass is 35.5. The van der Waals surface area contributed by atoms with E-state index in [1.165, 1.54) is 35.9 Å². The second kappa shape index (κ2) is 3.28. The largest absolute Gasteiger partial charge is 0.357 e. The van der Waals surface area contributed by atoms with Crippen molar-refractivity contribution in [2.45, 2.75) is 32.1 Å². The second-order valence-corrected chi connectivity index (χ2v) is 4.88. The minimum absolute atomic E-state index is 0.650. The molecule has 0 amide bonds. The zero-order valence-corrected chi connectivity index (χ0v) is 9.56. The van der Waals surface area contributed by atoms with Crippen molar-refractivity contribution in [1.29, 1.82) is 0 Å². The predicted octanol–water partition coefficient (Wildman–Crippen LogP) is 4.26. The molecule has 1 N–H and O–H groups in total. The maximum atomic E-state index is 6.19. The average Bonchev–Trinajstić information content (AvgIpc) is 2.60. The maximum Gasteiger partial charge on any atom is 0.0648 e. The van der Waals surface area contributed by atoms with Crippen molar-refractivity contribution in [1.82, 2.24) is 4.98 Å². The maximum absolute atomic E-state index is 6.19. The van der Waals surface area contributed by atoms with Gasteiger partial charge < -0.3 is 4.98 Å². The van der Waals surface area contributed by atoms with Crippen molar-refractivity contribution >= 4 is 22.5 Å². The fraction of sp³-hybridized carbons (Fsp3) is 0.385. The quantitative estimate of drug-likeness (QED) is 0.682. The molecule has 1 unspecified atom stereocenters. The first-order valence-corrected chi connectivity index (χ1v) is 5.94. The number of hydrogen-bond acceptors (Lipinski definition) is 0. The molecule has 0 fully saturated rings. The highest BCUT2D eigenvalue weighted by molar-refractivity contribution is 6.35. The van der Waals surface area contributed by atoms with Gasteiger partial charge >= 0.3 is 0 Å². The van der Waals surface area contributed by atoms with Gasteiger partial charge in [0.1, 0.15) is 0 Å². The minimum atomic E-state index is 0.650. The van der Waals surface area contributed by atoms with Crippen LogP contribution in [0.4, 0.5) is 0 Å². The normalized spacial score (nSPS) is 20.5. The van der Waals surface area contributed by atoms with E-state index < -0.39 is 0 Å². The van der Waals surface area contributed by atoms with Crippen LogP contribution in [0.3, 0.4) is 0 Å². The van der Waals surface area contributed by atoms with Crippen LogP contribution in [0.15, 0.2) is 18.2 Å². The topological polar surface area (TPSA) is 15.8 Å². The molecule has 78 valence electrons. The fourth-order valence-electron chi connectivity index (χ4n) is 2.68. The van der Waals surface area contributed by atoms with Gasteiger partial charge in [0, 0.05) is 11.1 Å². The lowest BCUT2D eigenvalue weighted by atomic mass is 9.88. The van der Waals surface area contributed by atoms with Crippen LogP contribution in [-0.2, 0) is 6.42 Å². The average molecular weight is 220 g/mol. The summed E-state index contributed by atoms with van der Waals surface area (Å²) in [6.07, 6.45) is 3.78. The van der Waals surface area contributed by atoms with E-state index in [2.05, 4.69) is 18.0 Å². The standard InChI is InChI=1S/C13H14ClN/c1-8-4-2-5-9-10-6-3-7-11(14)13(10)15-12(8)9/h3,6-8,15H,2,4-5H2,1H3. The van der Waals surface area contributed by atoms with E-state index in [0.717, 1.165) is 10.5 Å². The van der Waals surface area contributed by atoms with Crippen LogP contribution in [0.1, 0.15) is 36.9 Å². The van der Waals surface area contributed by atoms with E-state index in [0.29, 0.717) is 5.92 Å². The van der Waals surface area contributed by atoms with Crippen molar-refractivity contribution in [3.8, 4) is 0 Å². The summed E-state index contributed by atoms with van der Waals surface area (Å²) in [5, 5.41) is 2.16. The molecule has 1 aliphatic rings. The van der Waals surface area contributed by atoms with Gasteiger partial charge in [-0.1, -0.05) is 30.7 Å². The molecule has 0 spiro atoms. The molecular weight excluding hydrogens is 206 g/mol. The van der Waals surface area contributed by atoms with Crippen molar-refractivity contribution in [3.63, 3.8) is 0 Å².